The molecule has 0 saturated carbocycles. The number of carbonyl (C=O) groups is 3. The molecule has 0 aromatic carbocycles. The van der Waals surface area contributed by atoms with Crippen LogP contribution in [0.1, 0.15) is 175 Å². The number of carbonyl (C=O) groups excluding carboxylic acids is 3. The van der Waals surface area contributed by atoms with E-state index in [0.717, 1.165) is 122 Å². The molecule has 65 heavy (non-hydrogen) atoms. The quantitative estimate of drug-likeness (QED) is 0.0200. The van der Waals surface area contributed by atoms with Gasteiger partial charge in [-0.3, -0.25) is 14.4 Å². The van der Waals surface area contributed by atoms with Gasteiger partial charge in [0.25, 0.3) is 0 Å². The maximum absolute atomic E-state index is 12.8. The summed E-state index contributed by atoms with van der Waals surface area (Å²) < 4.78 is 16.7. The first kappa shape index (κ1) is 60.0. The highest BCUT2D eigenvalue weighted by atomic mass is 16.6. The molecule has 0 heterocycles. The van der Waals surface area contributed by atoms with E-state index in [0.29, 0.717) is 19.3 Å². The summed E-state index contributed by atoms with van der Waals surface area (Å²) in [6.45, 7) is 6.16. The number of hydrogen-bond donors (Lipinski definition) is 0. The van der Waals surface area contributed by atoms with Crippen molar-refractivity contribution in [2.75, 3.05) is 13.2 Å². The van der Waals surface area contributed by atoms with Gasteiger partial charge in [0.05, 0.1) is 0 Å². The molecule has 6 heteroatoms. The molecule has 360 valence electrons. The van der Waals surface area contributed by atoms with Crippen LogP contribution in [0.3, 0.4) is 0 Å². The lowest BCUT2D eigenvalue weighted by molar-refractivity contribution is -0.166. The summed E-state index contributed by atoms with van der Waals surface area (Å²) in [5.74, 6) is -1.08. The zero-order valence-corrected chi connectivity index (χ0v) is 40.9. The summed E-state index contributed by atoms with van der Waals surface area (Å²) >= 11 is 0. The maximum Gasteiger partial charge on any atom is 0.306 e. The lowest BCUT2D eigenvalue weighted by Gasteiger charge is -2.18. The Balaban J connectivity index is 4.62. The molecule has 1 unspecified atom stereocenters. The van der Waals surface area contributed by atoms with Crippen LogP contribution >= 0.6 is 0 Å². The van der Waals surface area contributed by atoms with Crippen LogP contribution in [-0.4, -0.2) is 37.2 Å². The second kappa shape index (κ2) is 51.7. The van der Waals surface area contributed by atoms with Gasteiger partial charge < -0.3 is 14.2 Å². The Hall–Kier alpha value is -4.97. The van der Waals surface area contributed by atoms with Gasteiger partial charge in [-0.1, -0.05) is 224 Å². The van der Waals surface area contributed by atoms with Crippen molar-refractivity contribution in [3.63, 3.8) is 0 Å². The molecule has 0 aromatic rings. The van der Waals surface area contributed by atoms with Crippen LogP contribution in [0.15, 0.2) is 158 Å². The van der Waals surface area contributed by atoms with E-state index in [4.69, 9.17) is 14.2 Å². The normalized spacial score (nSPS) is 13.5. The zero-order chi connectivity index (χ0) is 47.2. The number of unbranched alkanes of at least 4 members (excludes halogenated alkanes) is 11. The second-order valence-electron chi connectivity index (χ2n) is 15.8. The van der Waals surface area contributed by atoms with Gasteiger partial charge >= 0.3 is 17.9 Å². The molecule has 0 bridgehead atoms. The molecule has 0 spiro atoms. The fraction of sp³-hybridized carbons (Fsp3) is 0.508. The molecule has 6 nitrogen and oxygen atoms in total. The highest BCUT2D eigenvalue weighted by Gasteiger charge is 2.19. The molecule has 0 aliphatic carbocycles. The topological polar surface area (TPSA) is 78.9 Å². The van der Waals surface area contributed by atoms with Gasteiger partial charge in [0.15, 0.2) is 6.10 Å². The Morgan fingerprint density at radius 1 is 0.338 bits per heavy atom. The van der Waals surface area contributed by atoms with Crippen LogP contribution in [0.25, 0.3) is 0 Å². The van der Waals surface area contributed by atoms with E-state index in [1.807, 2.05) is 54.7 Å². The van der Waals surface area contributed by atoms with E-state index in [1.165, 1.54) is 6.42 Å². The van der Waals surface area contributed by atoms with E-state index in [2.05, 4.69) is 124 Å². The summed E-state index contributed by atoms with van der Waals surface area (Å²) in [5, 5.41) is 0. The third-order valence-corrected chi connectivity index (χ3v) is 9.68. The minimum absolute atomic E-state index is 0.135. The molecule has 0 aliphatic rings. The van der Waals surface area contributed by atoms with Crippen molar-refractivity contribution in [3.8, 4) is 0 Å². The SMILES string of the molecule is CC\C=C/C=C\C=C/CCCCCCCC(=O)OCC(COC(=O)CCCCCCC\C=C/C=C\C=C/C=C\C=C/CCC)OC(=O)CC/C=C\C/C=C\C/C=C\C/C=C\C/C=C\CC. The lowest BCUT2D eigenvalue weighted by atomic mass is 10.1. The lowest BCUT2D eigenvalue weighted by Crippen LogP contribution is -2.30. The standard InChI is InChI=1S/C59H88O6/c1-4-7-10-13-16-19-22-25-27-29-30-32-34-37-40-43-46-49-52-58(61)64-55-56(54-63-57(60)51-48-45-42-39-36-33-24-21-18-15-12-9-6-3)65-59(62)53-50-47-44-41-38-35-31-28-26-23-20-17-14-11-8-5-2/h8-13,15-22,24-30,32,35,38,44,47,56H,4-7,14,23,31,33-34,36-37,39-43,45-46,48-55H2,1-3H3/b11-8-,12-9-,13-10-,18-15-,19-16-,20-17-,24-21-,25-22-,28-26-,29-27-,32-30-,38-35-,47-44-. The van der Waals surface area contributed by atoms with Crippen molar-refractivity contribution >= 4 is 17.9 Å². The smallest absolute Gasteiger partial charge is 0.306 e. The molecular formula is C59H88O6. The Morgan fingerprint density at radius 3 is 1.15 bits per heavy atom. The van der Waals surface area contributed by atoms with Crippen LogP contribution < -0.4 is 0 Å². The number of rotatable bonds is 42. The first-order valence-electron chi connectivity index (χ1n) is 25.1. The Bertz CT molecular complexity index is 1540. The first-order chi connectivity index (χ1) is 32.0. The number of ether oxygens (including phenoxy) is 3. The molecule has 0 saturated heterocycles. The fourth-order valence-electron chi connectivity index (χ4n) is 5.99. The van der Waals surface area contributed by atoms with Crippen LogP contribution in [0, 0.1) is 0 Å². The highest BCUT2D eigenvalue weighted by molar-refractivity contribution is 5.71. The Morgan fingerprint density at radius 2 is 0.708 bits per heavy atom. The van der Waals surface area contributed by atoms with Gasteiger partial charge in [-0.05, 0) is 89.9 Å². The predicted molar refractivity (Wildman–Crippen MR) is 278 cm³/mol. The van der Waals surface area contributed by atoms with E-state index in [9.17, 15) is 14.4 Å². The van der Waals surface area contributed by atoms with Gasteiger partial charge in [0.2, 0.25) is 0 Å². The summed E-state index contributed by atoms with van der Waals surface area (Å²) in [6.07, 6.45) is 75.1. The van der Waals surface area contributed by atoms with Crippen LogP contribution in [-0.2, 0) is 28.6 Å². The van der Waals surface area contributed by atoms with Crippen LogP contribution in [0.5, 0.6) is 0 Å². The van der Waals surface area contributed by atoms with Crippen LogP contribution in [0.2, 0.25) is 0 Å². The van der Waals surface area contributed by atoms with Gasteiger partial charge in [0, 0.05) is 19.3 Å². The molecule has 0 amide bonds. The van der Waals surface area contributed by atoms with Gasteiger partial charge in [-0.25, -0.2) is 0 Å². The van der Waals surface area contributed by atoms with Crippen molar-refractivity contribution in [2.24, 2.45) is 0 Å². The minimum atomic E-state index is -0.845. The van der Waals surface area contributed by atoms with Crippen molar-refractivity contribution < 1.29 is 28.6 Å². The van der Waals surface area contributed by atoms with Crippen LogP contribution in [0.4, 0.5) is 0 Å². The number of hydrogen-bond acceptors (Lipinski definition) is 6. The molecule has 0 radical (unpaired) electrons. The molecule has 0 aromatic heterocycles. The zero-order valence-electron chi connectivity index (χ0n) is 40.9. The van der Waals surface area contributed by atoms with Gasteiger partial charge in [-0.15, -0.1) is 0 Å². The van der Waals surface area contributed by atoms with Gasteiger partial charge in [0.1, 0.15) is 13.2 Å². The van der Waals surface area contributed by atoms with E-state index in [-0.39, 0.29) is 31.6 Å². The maximum atomic E-state index is 12.8. The first-order valence-corrected chi connectivity index (χ1v) is 25.1. The average Bonchev–Trinajstić information content (AvgIpc) is 3.30. The number of allylic oxidation sites excluding steroid dienone is 26. The average molecular weight is 893 g/mol. The molecule has 0 fully saturated rings. The summed E-state index contributed by atoms with van der Waals surface area (Å²) in [5.41, 5.74) is 0. The van der Waals surface area contributed by atoms with Crippen molar-refractivity contribution in [3.05, 3.63) is 158 Å². The minimum Gasteiger partial charge on any atom is -0.462 e. The predicted octanol–water partition coefficient (Wildman–Crippen LogP) is 16.6. The highest BCUT2D eigenvalue weighted by Crippen LogP contribution is 2.11. The second-order valence-corrected chi connectivity index (χ2v) is 15.8. The molecule has 0 rings (SSSR count). The van der Waals surface area contributed by atoms with Gasteiger partial charge in [-0.2, -0.15) is 0 Å². The molecular weight excluding hydrogens is 805 g/mol. The summed E-state index contributed by atoms with van der Waals surface area (Å²) in [6, 6.07) is 0. The van der Waals surface area contributed by atoms with E-state index in [1.54, 1.807) is 0 Å². The van der Waals surface area contributed by atoms with E-state index >= 15 is 0 Å². The summed E-state index contributed by atoms with van der Waals surface area (Å²) in [7, 11) is 0. The summed E-state index contributed by atoms with van der Waals surface area (Å²) in [4.78, 5) is 37.9. The van der Waals surface area contributed by atoms with Crippen molar-refractivity contribution in [1.29, 1.82) is 0 Å². The molecule has 1 atom stereocenters. The van der Waals surface area contributed by atoms with Crippen molar-refractivity contribution in [2.45, 2.75) is 181 Å². The van der Waals surface area contributed by atoms with Crippen molar-refractivity contribution in [1.82, 2.24) is 0 Å². The molecule has 0 N–H and O–H groups in total. The van der Waals surface area contributed by atoms with E-state index < -0.39 is 12.1 Å². The number of esters is 3. The Labute approximate surface area is 397 Å². The molecule has 0 aliphatic heterocycles. The third-order valence-electron chi connectivity index (χ3n) is 9.68. The third kappa shape index (κ3) is 49.9. The Kier molecular flexibility index (Phi) is 47.7. The largest absolute Gasteiger partial charge is 0.462 e. The fourth-order valence-corrected chi connectivity index (χ4v) is 5.99. The monoisotopic (exact) mass is 893 g/mol.